The van der Waals surface area contributed by atoms with E-state index in [-0.39, 0.29) is 23.0 Å². The lowest BCUT2D eigenvalue weighted by Crippen LogP contribution is -2.27. The van der Waals surface area contributed by atoms with Crippen molar-refractivity contribution in [1.29, 1.82) is 0 Å². The highest BCUT2D eigenvalue weighted by Crippen LogP contribution is 2.36. The zero-order chi connectivity index (χ0) is 20.4. The quantitative estimate of drug-likeness (QED) is 0.526. The van der Waals surface area contributed by atoms with Gasteiger partial charge in [0.05, 0.1) is 23.4 Å². The molecule has 1 aromatic heterocycles. The Kier molecular flexibility index (Phi) is 4.86. The van der Waals surface area contributed by atoms with E-state index in [9.17, 15) is 14.9 Å². The second kappa shape index (κ2) is 7.63. The van der Waals surface area contributed by atoms with Crippen LogP contribution >= 0.6 is 0 Å². The molecule has 2 aromatic carbocycles. The number of aromatic nitrogens is 2. The van der Waals surface area contributed by atoms with Crippen molar-refractivity contribution in [2.24, 2.45) is 0 Å². The van der Waals surface area contributed by atoms with Crippen molar-refractivity contribution in [2.75, 3.05) is 13.2 Å². The molecule has 0 fully saturated rings. The highest BCUT2D eigenvalue weighted by atomic mass is 16.6. The fourth-order valence-electron chi connectivity index (χ4n) is 3.12. The lowest BCUT2D eigenvalue weighted by atomic mass is 10.1. The second-order valence-corrected chi connectivity index (χ2v) is 6.53. The Hall–Kier alpha value is -3.88. The number of nitrogens with zero attached hydrogens (tertiary/aromatic N) is 3. The van der Waals surface area contributed by atoms with Gasteiger partial charge in [0.2, 0.25) is 0 Å². The molecular formula is C20H18N4O5. The maximum atomic E-state index is 12.8. The number of nitrogens with one attached hydrogen (secondary N) is 1. The summed E-state index contributed by atoms with van der Waals surface area (Å²) < 4.78 is 12.7. The summed E-state index contributed by atoms with van der Waals surface area (Å²) in [6.45, 7) is 2.45. The molecule has 2 heterocycles. The van der Waals surface area contributed by atoms with Crippen LogP contribution in [-0.2, 0) is 0 Å². The van der Waals surface area contributed by atoms with Crippen LogP contribution in [0.25, 0.3) is 5.69 Å². The minimum absolute atomic E-state index is 0.0684. The monoisotopic (exact) mass is 394 g/mol. The van der Waals surface area contributed by atoms with Gasteiger partial charge in [-0.3, -0.25) is 14.9 Å². The fraction of sp³-hybridized carbons (Fsp3) is 0.200. The first-order valence-electron chi connectivity index (χ1n) is 9.00. The van der Waals surface area contributed by atoms with Crippen LogP contribution < -0.4 is 14.8 Å². The third-order valence-corrected chi connectivity index (χ3v) is 4.65. The van der Waals surface area contributed by atoms with E-state index in [1.165, 1.54) is 12.1 Å². The maximum Gasteiger partial charge on any atom is 0.286 e. The maximum absolute atomic E-state index is 12.8. The number of fused-ring (bicyclic) bond motifs is 1. The fourth-order valence-corrected chi connectivity index (χ4v) is 3.12. The molecule has 3 aromatic rings. The van der Waals surface area contributed by atoms with Crippen molar-refractivity contribution in [3.63, 3.8) is 0 Å². The predicted molar refractivity (Wildman–Crippen MR) is 104 cm³/mol. The average Bonchev–Trinajstić information content (AvgIpc) is 3.27. The van der Waals surface area contributed by atoms with Gasteiger partial charge in [-0.05, 0) is 24.6 Å². The van der Waals surface area contributed by atoms with E-state index >= 15 is 0 Å². The standard InChI is InChI=1S/C20H18N4O5/c1-13(14-2-4-15(5-3-14)23-7-6-21-12-23)22-20(25)16-10-18-19(29-9-8-28-18)11-17(16)24(26)27/h2-7,10-13H,8-9H2,1H3,(H,22,25). The second-order valence-electron chi connectivity index (χ2n) is 6.53. The molecule has 9 heteroatoms. The van der Waals surface area contributed by atoms with Gasteiger partial charge in [-0.1, -0.05) is 12.1 Å². The molecule has 0 radical (unpaired) electrons. The van der Waals surface area contributed by atoms with Crippen molar-refractivity contribution in [2.45, 2.75) is 13.0 Å². The Morgan fingerprint density at radius 3 is 2.52 bits per heavy atom. The van der Waals surface area contributed by atoms with Gasteiger partial charge in [-0.2, -0.15) is 0 Å². The molecule has 1 aliphatic heterocycles. The first kappa shape index (κ1) is 18.5. The number of hydrogen-bond donors (Lipinski definition) is 1. The van der Waals surface area contributed by atoms with E-state index in [1.54, 1.807) is 12.5 Å². The highest BCUT2D eigenvalue weighted by molar-refractivity contribution is 5.99. The summed E-state index contributed by atoms with van der Waals surface area (Å²) in [4.78, 5) is 27.6. The van der Waals surface area contributed by atoms with Crippen LogP contribution in [0.15, 0.2) is 55.1 Å². The van der Waals surface area contributed by atoms with Crippen molar-refractivity contribution in [3.8, 4) is 17.2 Å². The Morgan fingerprint density at radius 1 is 1.21 bits per heavy atom. The SMILES string of the molecule is CC(NC(=O)c1cc2c(cc1[N+](=O)[O-])OCCO2)c1ccc(-n2ccnc2)cc1. The molecule has 1 aliphatic rings. The number of amides is 1. The molecule has 1 unspecified atom stereocenters. The first-order valence-corrected chi connectivity index (χ1v) is 9.00. The number of carbonyl (C=O) groups excluding carboxylic acids is 1. The van der Waals surface area contributed by atoms with E-state index in [4.69, 9.17) is 9.47 Å². The third-order valence-electron chi connectivity index (χ3n) is 4.65. The predicted octanol–water partition coefficient (Wildman–Crippen LogP) is 3.04. The number of hydrogen-bond acceptors (Lipinski definition) is 6. The molecule has 0 bridgehead atoms. The van der Waals surface area contributed by atoms with Crippen molar-refractivity contribution < 1.29 is 19.2 Å². The smallest absolute Gasteiger partial charge is 0.286 e. The number of rotatable bonds is 5. The molecule has 29 heavy (non-hydrogen) atoms. The minimum Gasteiger partial charge on any atom is -0.486 e. The Bertz CT molecular complexity index is 1050. The number of nitro groups is 1. The van der Waals surface area contributed by atoms with E-state index in [0.717, 1.165) is 11.3 Å². The summed E-state index contributed by atoms with van der Waals surface area (Å²) in [5, 5.41) is 14.2. The topological polar surface area (TPSA) is 109 Å². The molecular weight excluding hydrogens is 376 g/mol. The van der Waals surface area contributed by atoms with Gasteiger partial charge in [0.15, 0.2) is 11.5 Å². The molecule has 0 saturated heterocycles. The zero-order valence-electron chi connectivity index (χ0n) is 15.6. The number of imidazole rings is 1. The lowest BCUT2D eigenvalue weighted by molar-refractivity contribution is -0.385. The zero-order valence-corrected chi connectivity index (χ0v) is 15.6. The average molecular weight is 394 g/mol. The van der Waals surface area contributed by atoms with Gasteiger partial charge >= 0.3 is 0 Å². The molecule has 0 aliphatic carbocycles. The van der Waals surface area contributed by atoms with Crippen molar-refractivity contribution >= 4 is 11.6 Å². The van der Waals surface area contributed by atoms with Gasteiger partial charge < -0.3 is 19.4 Å². The Labute approximate surface area is 166 Å². The van der Waals surface area contributed by atoms with Crippen LogP contribution in [0, 0.1) is 10.1 Å². The summed E-state index contributed by atoms with van der Waals surface area (Å²) >= 11 is 0. The lowest BCUT2D eigenvalue weighted by Gasteiger charge is -2.20. The molecule has 1 amide bonds. The molecule has 1 N–H and O–H groups in total. The van der Waals surface area contributed by atoms with E-state index < -0.39 is 10.8 Å². The minimum atomic E-state index is -0.599. The van der Waals surface area contributed by atoms with Crippen LogP contribution in [0.2, 0.25) is 0 Å². The van der Waals surface area contributed by atoms with Gasteiger partial charge in [-0.25, -0.2) is 4.98 Å². The summed E-state index contributed by atoms with van der Waals surface area (Å²) in [6.07, 6.45) is 5.22. The molecule has 4 rings (SSSR count). The summed E-state index contributed by atoms with van der Waals surface area (Å²) in [5.74, 6) is 0.0341. The molecule has 1 atom stereocenters. The third kappa shape index (κ3) is 3.75. The number of carbonyl (C=O) groups is 1. The number of ether oxygens (including phenoxy) is 2. The normalized spacial score (nSPS) is 13.6. The van der Waals surface area contributed by atoms with Crippen molar-refractivity contribution in [3.05, 3.63) is 76.4 Å². The highest BCUT2D eigenvalue weighted by Gasteiger charge is 2.27. The summed E-state index contributed by atoms with van der Waals surface area (Å²) in [6, 6.07) is 9.83. The van der Waals surface area contributed by atoms with Crippen LogP contribution in [-0.4, -0.2) is 33.6 Å². The summed E-state index contributed by atoms with van der Waals surface area (Å²) in [7, 11) is 0. The van der Waals surface area contributed by atoms with Crippen molar-refractivity contribution in [1.82, 2.24) is 14.9 Å². The largest absolute Gasteiger partial charge is 0.486 e. The van der Waals surface area contributed by atoms with Gasteiger partial charge in [0, 0.05) is 24.1 Å². The van der Waals surface area contributed by atoms with Crippen LogP contribution in [0.1, 0.15) is 28.9 Å². The first-order chi connectivity index (χ1) is 14.0. The molecule has 148 valence electrons. The molecule has 0 saturated carbocycles. The summed E-state index contributed by atoms with van der Waals surface area (Å²) in [5.41, 5.74) is 1.41. The Morgan fingerprint density at radius 2 is 1.90 bits per heavy atom. The van der Waals surface area contributed by atoms with Crippen LogP contribution in [0.4, 0.5) is 5.69 Å². The Balaban J connectivity index is 1.55. The number of benzene rings is 2. The van der Waals surface area contributed by atoms with E-state index in [0.29, 0.717) is 19.0 Å². The molecule has 9 nitrogen and oxygen atoms in total. The number of nitro benzene ring substituents is 1. The van der Waals surface area contributed by atoms with E-state index in [2.05, 4.69) is 10.3 Å². The van der Waals surface area contributed by atoms with Gasteiger partial charge in [0.25, 0.3) is 11.6 Å². The van der Waals surface area contributed by atoms with Crippen LogP contribution in [0.3, 0.4) is 0 Å². The van der Waals surface area contributed by atoms with Gasteiger partial charge in [0.1, 0.15) is 18.8 Å². The molecule has 0 spiro atoms. The van der Waals surface area contributed by atoms with Crippen LogP contribution in [0.5, 0.6) is 11.5 Å². The van der Waals surface area contributed by atoms with E-state index in [1.807, 2.05) is 42.0 Å². The van der Waals surface area contributed by atoms with Gasteiger partial charge in [-0.15, -0.1) is 0 Å².